The van der Waals surface area contributed by atoms with E-state index < -0.39 is 0 Å². The topological polar surface area (TPSA) is 64.3 Å². The monoisotopic (exact) mass is 252 g/mol. The number of halogens is 1. The molecule has 0 radical (unpaired) electrons. The molecule has 0 aromatic carbocycles. The average Bonchev–Trinajstić information content (AvgIpc) is 2.08. The lowest BCUT2D eigenvalue weighted by Crippen LogP contribution is -2.41. The summed E-state index contributed by atoms with van der Waals surface area (Å²) in [4.78, 5) is 11.2. The van der Waals surface area contributed by atoms with Crippen LogP contribution in [0, 0.1) is 0 Å². The van der Waals surface area contributed by atoms with Gasteiger partial charge in [0, 0.05) is 5.54 Å². The molecule has 5 heteroatoms. The van der Waals surface area contributed by atoms with Crippen LogP contribution in [0.15, 0.2) is 0 Å². The van der Waals surface area contributed by atoms with E-state index in [4.69, 9.17) is 10.5 Å². The lowest BCUT2D eigenvalue weighted by Gasteiger charge is -2.19. The van der Waals surface area contributed by atoms with Crippen molar-refractivity contribution in [3.63, 3.8) is 0 Å². The van der Waals surface area contributed by atoms with E-state index in [0.29, 0.717) is 6.61 Å². The van der Waals surface area contributed by atoms with E-state index >= 15 is 0 Å². The molecular formula is C11H25ClN2O2. The van der Waals surface area contributed by atoms with Gasteiger partial charge < -0.3 is 15.8 Å². The molecule has 0 fully saturated rings. The maximum absolute atomic E-state index is 11.2. The fraction of sp³-hybridized carbons (Fsp3) is 0.909. The Morgan fingerprint density at radius 2 is 1.75 bits per heavy atom. The number of nitrogens with one attached hydrogen (secondary N) is 1. The maximum Gasteiger partial charge on any atom is 0.407 e. The smallest absolute Gasteiger partial charge is 0.407 e. The number of nitrogens with two attached hydrogens (primary N) is 1. The molecule has 0 unspecified atom stereocenters. The van der Waals surface area contributed by atoms with Crippen molar-refractivity contribution in [2.75, 3.05) is 13.2 Å². The van der Waals surface area contributed by atoms with Gasteiger partial charge in [-0.05, 0) is 40.2 Å². The van der Waals surface area contributed by atoms with Gasteiger partial charge in [0.05, 0.1) is 6.61 Å². The Morgan fingerprint density at radius 3 is 2.25 bits per heavy atom. The van der Waals surface area contributed by atoms with Crippen LogP contribution < -0.4 is 11.1 Å². The third kappa shape index (κ3) is 13.5. The Balaban J connectivity index is 0. The first-order chi connectivity index (χ1) is 6.95. The van der Waals surface area contributed by atoms with Crippen molar-refractivity contribution in [3.05, 3.63) is 0 Å². The molecule has 0 aromatic rings. The number of unbranched alkanes of at least 4 members (excludes halogenated alkanes) is 3. The highest BCUT2D eigenvalue weighted by atomic mass is 35.5. The first kappa shape index (κ1) is 17.9. The zero-order chi connectivity index (χ0) is 11.7. The number of amides is 1. The molecular weight excluding hydrogens is 228 g/mol. The van der Waals surface area contributed by atoms with Crippen LogP contribution in [0.3, 0.4) is 0 Å². The fourth-order valence-corrected chi connectivity index (χ4v) is 1.11. The molecule has 0 spiro atoms. The van der Waals surface area contributed by atoms with Crippen molar-refractivity contribution in [1.29, 1.82) is 0 Å². The number of carbonyl (C=O) groups is 1. The molecule has 0 atom stereocenters. The van der Waals surface area contributed by atoms with Gasteiger partial charge in [-0.3, -0.25) is 0 Å². The van der Waals surface area contributed by atoms with E-state index in [-0.39, 0.29) is 24.0 Å². The Hall–Kier alpha value is -0.480. The molecule has 16 heavy (non-hydrogen) atoms. The molecule has 0 saturated carbocycles. The molecule has 0 saturated heterocycles. The summed E-state index contributed by atoms with van der Waals surface area (Å²) in [6.45, 7) is 7.01. The van der Waals surface area contributed by atoms with Crippen LogP contribution in [0.25, 0.3) is 0 Å². The summed E-state index contributed by atoms with van der Waals surface area (Å²) < 4.78 is 5.02. The first-order valence-corrected chi connectivity index (χ1v) is 5.61. The van der Waals surface area contributed by atoms with Crippen molar-refractivity contribution < 1.29 is 9.53 Å². The first-order valence-electron chi connectivity index (χ1n) is 5.61. The van der Waals surface area contributed by atoms with Gasteiger partial charge in [0.2, 0.25) is 0 Å². The summed E-state index contributed by atoms with van der Waals surface area (Å²) in [5.74, 6) is 0. The summed E-state index contributed by atoms with van der Waals surface area (Å²) in [6.07, 6.45) is 3.81. The Morgan fingerprint density at radius 1 is 1.19 bits per heavy atom. The summed E-state index contributed by atoms with van der Waals surface area (Å²) >= 11 is 0. The number of ether oxygens (including phenoxy) is 1. The van der Waals surface area contributed by atoms with Crippen LogP contribution in [-0.2, 0) is 4.74 Å². The van der Waals surface area contributed by atoms with Crippen LogP contribution in [0.2, 0.25) is 0 Å². The second kappa shape index (κ2) is 9.73. The Kier molecular flexibility index (Phi) is 10.9. The second-order valence-electron chi connectivity index (χ2n) is 4.71. The quantitative estimate of drug-likeness (QED) is 0.714. The van der Waals surface area contributed by atoms with Gasteiger partial charge in [0.1, 0.15) is 0 Å². The molecule has 0 bridgehead atoms. The number of rotatable bonds is 6. The van der Waals surface area contributed by atoms with Crippen molar-refractivity contribution in [1.82, 2.24) is 5.32 Å². The standard InChI is InChI=1S/C11H24N2O2.ClH/c1-11(2,3)13-10(14)15-9-7-5-4-6-8-12;/h4-9,12H2,1-3H3,(H,13,14);1H. The maximum atomic E-state index is 11.2. The van der Waals surface area contributed by atoms with E-state index in [1.54, 1.807) is 0 Å². The molecule has 0 heterocycles. The highest BCUT2D eigenvalue weighted by Crippen LogP contribution is 2.01. The summed E-state index contributed by atoms with van der Waals surface area (Å²) in [7, 11) is 0. The number of hydrogen-bond donors (Lipinski definition) is 2. The van der Waals surface area contributed by atoms with Crippen LogP contribution in [0.4, 0.5) is 4.79 Å². The van der Waals surface area contributed by atoms with E-state index in [1.807, 2.05) is 20.8 Å². The zero-order valence-corrected chi connectivity index (χ0v) is 11.4. The van der Waals surface area contributed by atoms with Gasteiger partial charge in [-0.25, -0.2) is 4.79 Å². The van der Waals surface area contributed by atoms with Crippen LogP contribution in [0.5, 0.6) is 0 Å². The average molecular weight is 253 g/mol. The summed E-state index contributed by atoms with van der Waals surface area (Å²) in [5.41, 5.74) is 5.14. The molecule has 98 valence electrons. The van der Waals surface area contributed by atoms with Gasteiger partial charge in [-0.1, -0.05) is 12.8 Å². The highest BCUT2D eigenvalue weighted by Gasteiger charge is 2.13. The Labute approximate surface area is 105 Å². The van der Waals surface area contributed by atoms with Crippen molar-refractivity contribution in [3.8, 4) is 0 Å². The minimum atomic E-state index is -0.332. The van der Waals surface area contributed by atoms with Crippen LogP contribution in [0.1, 0.15) is 46.5 Å². The predicted molar refractivity (Wildman–Crippen MR) is 69.0 cm³/mol. The minimum absolute atomic E-state index is 0. The molecule has 0 aromatic heterocycles. The van der Waals surface area contributed by atoms with Crippen molar-refractivity contribution in [2.24, 2.45) is 5.73 Å². The van der Waals surface area contributed by atoms with Gasteiger partial charge in [0.25, 0.3) is 0 Å². The Bertz CT molecular complexity index is 181. The van der Waals surface area contributed by atoms with Crippen molar-refractivity contribution in [2.45, 2.75) is 52.0 Å². The van der Waals surface area contributed by atoms with Crippen LogP contribution >= 0.6 is 12.4 Å². The SMILES string of the molecule is CC(C)(C)NC(=O)OCCCCCCN.Cl. The third-order valence-corrected chi connectivity index (χ3v) is 1.81. The molecule has 0 aliphatic rings. The zero-order valence-electron chi connectivity index (χ0n) is 10.5. The van der Waals surface area contributed by atoms with E-state index in [1.165, 1.54) is 0 Å². The molecule has 4 nitrogen and oxygen atoms in total. The largest absolute Gasteiger partial charge is 0.450 e. The molecule has 0 aliphatic carbocycles. The molecule has 1 amide bonds. The van der Waals surface area contributed by atoms with E-state index in [0.717, 1.165) is 32.2 Å². The van der Waals surface area contributed by atoms with Gasteiger partial charge in [-0.15, -0.1) is 12.4 Å². The normalized spacial score (nSPS) is 10.5. The minimum Gasteiger partial charge on any atom is -0.450 e. The number of carbonyl (C=O) groups excluding carboxylic acids is 1. The molecule has 0 aliphatic heterocycles. The van der Waals surface area contributed by atoms with Crippen LogP contribution in [-0.4, -0.2) is 24.8 Å². The fourth-order valence-electron chi connectivity index (χ4n) is 1.11. The summed E-state index contributed by atoms with van der Waals surface area (Å²) in [5, 5.41) is 2.74. The summed E-state index contributed by atoms with van der Waals surface area (Å²) in [6, 6.07) is 0. The molecule has 3 N–H and O–H groups in total. The highest BCUT2D eigenvalue weighted by molar-refractivity contribution is 5.85. The number of alkyl carbamates (subject to hydrolysis) is 1. The second-order valence-corrected chi connectivity index (χ2v) is 4.71. The number of hydrogen-bond acceptors (Lipinski definition) is 3. The molecule has 0 rings (SSSR count). The third-order valence-electron chi connectivity index (χ3n) is 1.81. The van der Waals surface area contributed by atoms with E-state index in [9.17, 15) is 4.79 Å². The van der Waals surface area contributed by atoms with Gasteiger partial charge in [0.15, 0.2) is 0 Å². The van der Waals surface area contributed by atoms with Gasteiger partial charge >= 0.3 is 6.09 Å². The van der Waals surface area contributed by atoms with E-state index in [2.05, 4.69) is 5.32 Å². The van der Waals surface area contributed by atoms with Gasteiger partial charge in [-0.2, -0.15) is 0 Å². The lowest BCUT2D eigenvalue weighted by atomic mass is 10.1. The lowest BCUT2D eigenvalue weighted by molar-refractivity contribution is 0.135. The predicted octanol–water partition coefficient (Wildman–Crippen LogP) is 2.45. The van der Waals surface area contributed by atoms with Crippen molar-refractivity contribution >= 4 is 18.5 Å².